The van der Waals surface area contributed by atoms with Crippen LogP contribution in [0, 0.1) is 17.1 Å². The summed E-state index contributed by atoms with van der Waals surface area (Å²) in [5, 5.41) is 26.0. The van der Waals surface area contributed by atoms with E-state index in [0.717, 1.165) is 6.26 Å². The molecule has 0 fully saturated rings. The highest BCUT2D eigenvalue weighted by atomic mass is 35.5. The zero-order valence-electron chi connectivity index (χ0n) is 24.0. The van der Waals surface area contributed by atoms with Crippen molar-refractivity contribution < 1.29 is 12.8 Å². The summed E-state index contributed by atoms with van der Waals surface area (Å²) in [6.45, 7) is 3.96. The average molecular weight is 654 g/mol. The lowest BCUT2D eigenvalue weighted by molar-refractivity contribution is 0.514. The summed E-state index contributed by atoms with van der Waals surface area (Å²) in [6.07, 6.45) is 4.38. The highest BCUT2D eigenvalue weighted by Crippen LogP contribution is 2.38. The van der Waals surface area contributed by atoms with Crippen molar-refractivity contribution >= 4 is 66.9 Å². The van der Waals surface area contributed by atoms with E-state index in [4.69, 9.17) is 23.2 Å². The molecule has 3 aromatic carbocycles. The number of hydrogen-bond donors (Lipinski definition) is 2. The summed E-state index contributed by atoms with van der Waals surface area (Å²) in [5.74, 6) is -0.570. The number of fused-ring (bicyclic) bond motifs is 1. The van der Waals surface area contributed by atoms with E-state index >= 15 is 0 Å². The fraction of sp³-hybridized carbons (Fsp3) is 0.200. The molecule has 2 N–H and O–H groups in total. The molecule has 14 heteroatoms. The van der Waals surface area contributed by atoms with Gasteiger partial charge in [-0.05, 0) is 61.9 Å². The normalized spacial score (nSPS) is 12.2. The first-order valence-corrected chi connectivity index (χ1v) is 15.9. The molecule has 44 heavy (non-hydrogen) atoms. The third-order valence-corrected chi connectivity index (χ3v) is 8.68. The molecule has 0 aliphatic heterocycles. The molecule has 0 bridgehead atoms. The molecule has 226 valence electrons. The monoisotopic (exact) mass is 652 g/mol. The second-order valence-corrected chi connectivity index (χ2v) is 13.2. The predicted octanol–water partition coefficient (Wildman–Crippen LogP) is 7.07. The number of nitriles is 1. The van der Waals surface area contributed by atoms with E-state index in [2.05, 4.69) is 32.0 Å². The quantitative estimate of drug-likeness (QED) is 0.173. The minimum absolute atomic E-state index is 0.0475. The zero-order chi connectivity index (χ0) is 31.8. The number of hydrogen-bond acceptors (Lipinski definition) is 8. The molecule has 0 aliphatic rings. The summed E-state index contributed by atoms with van der Waals surface area (Å²) in [7, 11) is -2.03. The Labute approximate surface area is 264 Å². The maximum atomic E-state index is 13.8. The van der Waals surface area contributed by atoms with Crippen LogP contribution in [0.3, 0.4) is 0 Å². The Morgan fingerprint density at radius 1 is 1.11 bits per heavy atom. The highest BCUT2D eigenvalue weighted by Gasteiger charge is 2.23. The molecule has 2 aromatic heterocycles. The smallest absolute Gasteiger partial charge is 0.231 e. The van der Waals surface area contributed by atoms with E-state index < -0.39 is 21.9 Å². The zero-order valence-corrected chi connectivity index (χ0v) is 26.4. The van der Waals surface area contributed by atoms with Gasteiger partial charge in [-0.25, -0.2) is 17.5 Å². The molecule has 5 aromatic rings. The van der Waals surface area contributed by atoms with Crippen molar-refractivity contribution in [1.29, 1.82) is 5.26 Å². The van der Waals surface area contributed by atoms with Crippen molar-refractivity contribution in [2.24, 2.45) is 0 Å². The van der Waals surface area contributed by atoms with Gasteiger partial charge in [0, 0.05) is 35.4 Å². The van der Waals surface area contributed by atoms with Crippen molar-refractivity contribution in [1.82, 2.24) is 20.0 Å². The van der Waals surface area contributed by atoms with Gasteiger partial charge in [0.2, 0.25) is 10.0 Å². The molecular formula is C30H27Cl2FN8O2S. The van der Waals surface area contributed by atoms with Crippen molar-refractivity contribution in [3.8, 4) is 6.07 Å². The Bertz CT molecular complexity index is 2030. The van der Waals surface area contributed by atoms with Crippen molar-refractivity contribution in [2.45, 2.75) is 25.9 Å². The SMILES string of the molecule is CC(C)n1cc([C@@H](Nc2cc(Cl)cc3c(Nc4ccc(F)c(Cl)c4)c(C#N)cnc23)c2cccc(N(C)S(C)(=O)=O)c2)nn1. The van der Waals surface area contributed by atoms with Gasteiger partial charge >= 0.3 is 0 Å². The second kappa shape index (κ2) is 12.3. The number of nitrogens with zero attached hydrogens (tertiary/aromatic N) is 6. The molecule has 2 heterocycles. The number of rotatable bonds is 9. The molecule has 0 amide bonds. The van der Waals surface area contributed by atoms with Gasteiger partial charge < -0.3 is 10.6 Å². The van der Waals surface area contributed by atoms with Crippen LogP contribution in [0.4, 0.5) is 27.1 Å². The van der Waals surface area contributed by atoms with Gasteiger partial charge in [0.1, 0.15) is 17.6 Å². The lowest BCUT2D eigenvalue weighted by Crippen LogP contribution is -2.25. The summed E-state index contributed by atoms with van der Waals surface area (Å²) in [4.78, 5) is 4.58. The molecule has 5 rings (SSSR count). The number of pyridine rings is 1. The Kier molecular flexibility index (Phi) is 8.65. The van der Waals surface area contributed by atoms with Crippen LogP contribution < -0.4 is 14.9 Å². The predicted molar refractivity (Wildman–Crippen MR) is 172 cm³/mol. The first kappa shape index (κ1) is 31.0. The van der Waals surface area contributed by atoms with Gasteiger partial charge in [-0.2, -0.15) is 5.26 Å². The van der Waals surface area contributed by atoms with E-state index in [1.165, 1.54) is 35.7 Å². The molecule has 0 saturated heterocycles. The molecule has 0 unspecified atom stereocenters. The molecule has 0 saturated carbocycles. The minimum atomic E-state index is -3.51. The number of anilines is 4. The summed E-state index contributed by atoms with van der Waals surface area (Å²) < 4.78 is 41.3. The number of aromatic nitrogens is 4. The number of sulfonamides is 1. The Balaban J connectivity index is 1.66. The number of halogens is 3. The van der Waals surface area contributed by atoms with E-state index in [0.29, 0.717) is 49.9 Å². The van der Waals surface area contributed by atoms with Gasteiger partial charge in [-0.3, -0.25) is 9.29 Å². The maximum absolute atomic E-state index is 13.8. The Morgan fingerprint density at radius 2 is 1.89 bits per heavy atom. The summed E-state index contributed by atoms with van der Waals surface area (Å²) in [6, 6.07) is 16.2. The van der Waals surface area contributed by atoms with Crippen LogP contribution in [0.15, 0.2) is 67.0 Å². The van der Waals surface area contributed by atoms with Crippen LogP contribution >= 0.6 is 23.2 Å². The molecule has 10 nitrogen and oxygen atoms in total. The molecule has 0 spiro atoms. The summed E-state index contributed by atoms with van der Waals surface area (Å²) >= 11 is 12.6. The van der Waals surface area contributed by atoms with Crippen molar-refractivity contribution in [3.63, 3.8) is 0 Å². The van der Waals surface area contributed by atoms with Crippen LogP contribution in [0.5, 0.6) is 0 Å². The number of benzene rings is 3. The third kappa shape index (κ3) is 6.40. The molecule has 0 aliphatic carbocycles. The summed E-state index contributed by atoms with van der Waals surface area (Å²) in [5.41, 5.74) is 3.84. The van der Waals surface area contributed by atoms with Crippen LogP contribution in [0.2, 0.25) is 10.0 Å². The second-order valence-electron chi connectivity index (χ2n) is 10.4. The van der Waals surface area contributed by atoms with Gasteiger partial charge in [0.15, 0.2) is 0 Å². The minimum Gasteiger partial charge on any atom is -0.371 e. The van der Waals surface area contributed by atoms with Crippen molar-refractivity contribution in [3.05, 3.63) is 99.7 Å². The fourth-order valence-corrected chi connectivity index (χ4v) is 5.46. The first-order valence-electron chi connectivity index (χ1n) is 13.3. The van der Waals surface area contributed by atoms with Crippen LogP contribution in [0.1, 0.15) is 42.8 Å². The van der Waals surface area contributed by atoms with Gasteiger partial charge in [-0.1, -0.05) is 40.5 Å². The van der Waals surface area contributed by atoms with E-state index in [1.54, 1.807) is 35.0 Å². The fourth-order valence-electron chi connectivity index (χ4n) is 4.57. The van der Waals surface area contributed by atoms with Crippen LogP contribution in [0.25, 0.3) is 10.9 Å². The van der Waals surface area contributed by atoms with Crippen LogP contribution in [-0.2, 0) is 10.0 Å². The lowest BCUT2D eigenvalue weighted by Gasteiger charge is -2.23. The van der Waals surface area contributed by atoms with Crippen molar-refractivity contribution in [2.75, 3.05) is 28.2 Å². The Morgan fingerprint density at radius 3 is 2.55 bits per heavy atom. The average Bonchev–Trinajstić information content (AvgIpc) is 3.47. The molecule has 0 radical (unpaired) electrons. The third-order valence-electron chi connectivity index (χ3n) is 6.96. The first-order chi connectivity index (χ1) is 20.8. The Hall–Kier alpha value is -4.44. The van der Waals surface area contributed by atoms with Gasteiger partial charge in [0.25, 0.3) is 0 Å². The van der Waals surface area contributed by atoms with E-state index in [9.17, 15) is 18.1 Å². The lowest BCUT2D eigenvalue weighted by atomic mass is 10.0. The number of nitrogens with one attached hydrogen (secondary N) is 2. The standard InChI is InChI=1S/C30H27Cl2FN8O2S/c1-17(2)41-16-27(38-39-41)29(18-6-5-7-22(10-18)40(3)44(4,42)43)37-26-12-20(31)11-23-28(19(14-34)15-35-30(23)26)36-21-8-9-25(33)24(32)13-21/h5-13,15-17,29,37H,1-4H3,(H,35,36)/t29-/m0/s1. The van der Waals surface area contributed by atoms with E-state index in [1.807, 2.05) is 26.1 Å². The molecule has 1 atom stereocenters. The largest absolute Gasteiger partial charge is 0.371 e. The highest BCUT2D eigenvalue weighted by molar-refractivity contribution is 7.92. The topological polar surface area (TPSA) is 129 Å². The van der Waals surface area contributed by atoms with E-state index in [-0.39, 0.29) is 16.6 Å². The van der Waals surface area contributed by atoms with Crippen LogP contribution in [-0.4, -0.2) is 41.7 Å². The van der Waals surface area contributed by atoms with Gasteiger partial charge in [0.05, 0.1) is 51.7 Å². The van der Waals surface area contributed by atoms with Gasteiger partial charge in [-0.15, -0.1) is 5.10 Å². The molecular weight excluding hydrogens is 626 g/mol. The maximum Gasteiger partial charge on any atom is 0.231 e.